The molecule has 2 aromatic rings. The van der Waals surface area contributed by atoms with Crippen molar-refractivity contribution in [1.82, 2.24) is 0 Å². The fourth-order valence-corrected chi connectivity index (χ4v) is 5.01. The quantitative estimate of drug-likeness (QED) is 0.388. The highest BCUT2D eigenvalue weighted by Crippen LogP contribution is 2.41. The summed E-state index contributed by atoms with van der Waals surface area (Å²) in [5.74, 6) is -4.83. The van der Waals surface area contributed by atoms with Gasteiger partial charge in [0.1, 0.15) is 5.83 Å². The van der Waals surface area contributed by atoms with Crippen LogP contribution in [0.5, 0.6) is 5.75 Å². The van der Waals surface area contributed by atoms with E-state index in [2.05, 4.69) is 23.8 Å². The second-order valence-electron chi connectivity index (χ2n) is 9.09. The fourth-order valence-electron chi connectivity index (χ4n) is 5.01. The molecule has 0 spiro atoms. The summed E-state index contributed by atoms with van der Waals surface area (Å²) in [7, 11) is 0. The summed E-state index contributed by atoms with van der Waals surface area (Å²) >= 11 is 0. The predicted octanol–water partition coefficient (Wildman–Crippen LogP) is 8.97. The summed E-state index contributed by atoms with van der Waals surface area (Å²) in [6.07, 6.45) is 4.04. The van der Waals surface area contributed by atoms with Crippen molar-refractivity contribution >= 4 is 5.57 Å². The molecule has 0 amide bonds. The van der Waals surface area contributed by atoms with E-state index in [4.69, 9.17) is 0 Å². The Morgan fingerprint density at radius 1 is 0.882 bits per heavy atom. The minimum absolute atomic E-state index is 0.0911. The van der Waals surface area contributed by atoms with Gasteiger partial charge in [0.25, 0.3) is 0 Å². The number of halogens is 6. The molecule has 0 heterocycles. The van der Waals surface area contributed by atoms with Gasteiger partial charge in [0.2, 0.25) is 5.75 Å². The van der Waals surface area contributed by atoms with Crippen LogP contribution in [0.4, 0.5) is 26.3 Å². The van der Waals surface area contributed by atoms with Crippen molar-refractivity contribution in [2.45, 2.75) is 63.6 Å². The molecule has 0 aliphatic heterocycles. The van der Waals surface area contributed by atoms with Crippen molar-refractivity contribution in [3.8, 4) is 5.75 Å². The SMILES string of the molecule is CCC1CCC(c2ccc(C3=CCC(c4cc(F)c(OC(F)(F)F)c(F)c4)C(F)=C3)cc2)CC1. The van der Waals surface area contributed by atoms with Crippen LogP contribution in [0.25, 0.3) is 5.57 Å². The number of allylic oxidation sites excluding steroid dienone is 4. The zero-order valence-corrected chi connectivity index (χ0v) is 18.8. The van der Waals surface area contributed by atoms with E-state index in [1.807, 2.05) is 12.1 Å². The number of benzene rings is 2. The summed E-state index contributed by atoms with van der Waals surface area (Å²) in [5, 5.41) is 0. The third-order valence-corrected chi connectivity index (χ3v) is 6.98. The van der Waals surface area contributed by atoms with Crippen LogP contribution >= 0.6 is 0 Å². The Hall–Kier alpha value is -2.70. The summed E-state index contributed by atoms with van der Waals surface area (Å²) in [5.41, 5.74) is 2.69. The molecule has 1 fully saturated rings. The van der Waals surface area contributed by atoms with Crippen LogP contribution < -0.4 is 4.74 Å². The third kappa shape index (κ3) is 5.50. The van der Waals surface area contributed by atoms with E-state index in [1.54, 1.807) is 6.08 Å². The number of rotatable bonds is 5. The predicted molar refractivity (Wildman–Crippen MR) is 119 cm³/mol. The summed E-state index contributed by atoms with van der Waals surface area (Å²) < 4.78 is 83.5. The summed E-state index contributed by atoms with van der Waals surface area (Å²) in [4.78, 5) is 0. The van der Waals surface area contributed by atoms with Gasteiger partial charge in [-0.3, -0.25) is 0 Å². The highest BCUT2D eigenvalue weighted by Gasteiger charge is 2.35. The van der Waals surface area contributed by atoms with E-state index in [1.165, 1.54) is 43.7 Å². The Kier molecular flexibility index (Phi) is 7.10. The molecule has 182 valence electrons. The van der Waals surface area contributed by atoms with Crippen molar-refractivity contribution in [2.75, 3.05) is 0 Å². The highest BCUT2D eigenvalue weighted by atomic mass is 19.4. The average Bonchev–Trinajstić information content (AvgIpc) is 2.81. The van der Waals surface area contributed by atoms with Crippen LogP contribution in [0, 0.1) is 17.6 Å². The van der Waals surface area contributed by atoms with Gasteiger partial charge in [0, 0.05) is 5.92 Å². The van der Waals surface area contributed by atoms with E-state index < -0.39 is 35.5 Å². The average molecular weight is 480 g/mol. The molecule has 2 aromatic carbocycles. The Morgan fingerprint density at radius 2 is 1.50 bits per heavy atom. The highest BCUT2D eigenvalue weighted by molar-refractivity contribution is 5.76. The molecule has 0 aromatic heterocycles. The molecule has 2 aliphatic carbocycles. The lowest BCUT2D eigenvalue weighted by Gasteiger charge is -2.28. The normalized spacial score (nSPS) is 23.3. The van der Waals surface area contributed by atoms with Gasteiger partial charge < -0.3 is 4.74 Å². The molecule has 0 radical (unpaired) electrons. The molecule has 0 saturated heterocycles. The Bertz CT molecular complexity index is 1050. The number of ether oxygens (including phenoxy) is 1. The minimum atomic E-state index is -5.23. The second kappa shape index (κ2) is 9.88. The first-order chi connectivity index (χ1) is 16.1. The molecule has 2 aliphatic rings. The zero-order valence-electron chi connectivity index (χ0n) is 18.8. The van der Waals surface area contributed by atoms with E-state index in [9.17, 15) is 26.3 Å². The van der Waals surface area contributed by atoms with Crippen LogP contribution in [0.1, 0.15) is 74.0 Å². The Labute approximate surface area is 195 Å². The van der Waals surface area contributed by atoms with E-state index in [-0.39, 0.29) is 12.0 Å². The standard InChI is InChI=1S/C27H26F6O/c1-2-16-3-5-17(6-4-16)18-7-9-19(10-8-18)20-11-12-22(23(28)13-20)21-14-24(29)26(25(30)15-21)34-27(31,32)33/h7-11,13-17,22H,2-6,12H2,1H3. The molecular weight excluding hydrogens is 454 g/mol. The van der Waals surface area contributed by atoms with E-state index >= 15 is 0 Å². The van der Waals surface area contributed by atoms with Gasteiger partial charge in [0.05, 0.1) is 0 Å². The van der Waals surface area contributed by atoms with Crippen LogP contribution in [-0.4, -0.2) is 6.36 Å². The monoisotopic (exact) mass is 480 g/mol. The zero-order chi connectivity index (χ0) is 24.5. The van der Waals surface area contributed by atoms with Gasteiger partial charge in [-0.1, -0.05) is 43.7 Å². The van der Waals surface area contributed by atoms with E-state index in [0.717, 1.165) is 11.5 Å². The number of alkyl halides is 3. The third-order valence-electron chi connectivity index (χ3n) is 6.98. The molecule has 7 heteroatoms. The van der Waals surface area contributed by atoms with Gasteiger partial charge in [-0.2, -0.15) is 0 Å². The topological polar surface area (TPSA) is 9.23 Å². The minimum Gasteiger partial charge on any atom is -0.399 e. The first kappa shape index (κ1) is 24.4. The molecule has 1 nitrogen and oxygen atoms in total. The molecule has 0 bridgehead atoms. The Balaban J connectivity index is 1.46. The molecular formula is C27H26F6O. The van der Waals surface area contributed by atoms with Crippen molar-refractivity contribution in [3.63, 3.8) is 0 Å². The fraction of sp³-hybridized carbons (Fsp3) is 0.407. The molecule has 1 atom stereocenters. The molecule has 0 N–H and O–H groups in total. The smallest absolute Gasteiger partial charge is 0.399 e. The molecule has 1 saturated carbocycles. The van der Waals surface area contributed by atoms with Crippen molar-refractivity contribution in [2.24, 2.45) is 5.92 Å². The van der Waals surface area contributed by atoms with Crippen molar-refractivity contribution in [3.05, 3.63) is 82.7 Å². The van der Waals surface area contributed by atoms with Crippen LogP contribution in [0.2, 0.25) is 0 Å². The molecule has 4 rings (SSSR count). The molecule has 1 unspecified atom stereocenters. The lowest BCUT2D eigenvalue weighted by Crippen LogP contribution is -2.19. The summed E-state index contributed by atoms with van der Waals surface area (Å²) in [6.45, 7) is 2.24. The lowest BCUT2D eigenvalue weighted by atomic mass is 9.77. The van der Waals surface area contributed by atoms with E-state index in [0.29, 0.717) is 23.6 Å². The van der Waals surface area contributed by atoms with Crippen molar-refractivity contribution < 1.29 is 31.1 Å². The van der Waals surface area contributed by atoms with Gasteiger partial charge in [-0.25, -0.2) is 13.2 Å². The first-order valence-electron chi connectivity index (χ1n) is 11.6. The maximum Gasteiger partial charge on any atom is 0.573 e. The van der Waals surface area contributed by atoms with Crippen LogP contribution in [0.3, 0.4) is 0 Å². The van der Waals surface area contributed by atoms with Gasteiger partial charge in [-0.05, 0) is 84.4 Å². The number of hydrogen-bond donors (Lipinski definition) is 0. The number of hydrogen-bond acceptors (Lipinski definition) is 1. The van der Waals surface area contributed by atoms with Gasteiger partial charge in [0.15, 0.2) is 11.6 Å². The Morgan fingerprint density at radius 3 is 2.03 bits per heavy atom. The maximum absolute atomic E-state index is 14.9. The maximum atomic E-state index is 14.9. The largest absolute Gasteiger partial charge is 0.573 e. The summed E-state index contributed by atoms with van der Waals surface area (Å²) in [6, 6.07) is 9.44. The van der Waals surface area contributed by atoms with Gasteiger partial charge >= 0.3 is 6.36 Å². The van der Waals surface area contributed by atoms with Crippen molar-refractivity contribution in [1.29, 1.82) is 0 Å². The second-order valence-corrected chi connectivity index (χ2v) is 9.09. The van der Waals surface area contributed by atoms with Crippen LogP contribution in [-0.2, 0) is 0 Å². The van der Waals surface area contributed by atoms with Crippen LogP contribution in [0.15, 0.2) is 54.4 Å². The first-order valence-corrected chi connectivity index (χ1v) is 11.6. The van der Waals surface area contributed by atoms with Gasteiger partial charge in [-0.15, -0.1) is 13.2 Å². The molecule has 34 heavy (non-hydrogen) atoms. The lowest BCUT2D eigenvalue weighted by molar-refractivity contribution is -0.276.